The SMILES string of the molecule is COC(=O)C(C)n1cc2cc(Br)ccc2n1. The molecule has 0 amide bonds. The Morgan fingerprint density at radius 3 is 3.00 bits per heavy atom. The van der Waals surface area contributed by atoms with Gasteiger partial charge >= 0.3 is 5.97 Å². The maximum absolute atomic E-state index is 11.4. The third-order valence-corrected chi connectivity index (χ3v) is 2.92. The summed E-state index contributed by atoms with van der Waals surface area (Å²) in [5.41, 5.74) is 0.860. The zero-order valence-corrected chi connectivity index (χ0v) is 10.6. The van der Waals surface area contributed by atoms with Gasteiger partial charge in [-0.05, 0) is 25.1 Å². The van der Waals surface area contributed by atoms with E-state index < -0.39 is 6.04 Å². The highest BCUT2D eigenvalue weighted by atomic mass is 79.9. The lowest BCUT2D eigenvalue weighted by molar-refractivity contribution is -0.144. The molecule has 4 nitrogen and oxygen atoms in total. The molecule has 5 heteroatoms. The molecular weight excluding hydrogens is 272 g/mol. The van der Waals surface area contributed by atoms with Crippen LogP contribution < -0.4 is 0 Å². The number of halogens is 1. The minimum Gasteiger partial charge on any atom is -0.467 e. The number of aromatic nitrogens is 2. The molecule has 1 heterocycles. The zero-order valence-electron chi connectivity index (χ0n) is 8.98. The predicted molar refractivity (Wildman–Crippen MR) is 64.2 cm³/mol. The van der Waals surface area contributed by atoms with Crippen molar-refractivity contribution in [1.82, 2.24) is 9.78 Å². The summed E-state index contributed by atoms with van der Waals surface area (Å²) in [5.74, 6) is -0.299. The number of hydrogen-bond donors (Lipinski definition) is 0. The Morgan fingerprint density at radius 1 is 1.56 bits per heavy atom. The maximum atomic E-state index is 11.4. The van der Waals surface area contributed by atoms with Gasteiger partial charge in [0.25, 0.3) is 0 Å². The van der Waals surface area contributed by atoms with Gasteiger partial charge in [0.1, 0.15) is 6.04 Å². The molecule has 0 fully saturated rings. The van der Waals surface area contributed by atoms with Crippen molar-refractivity contribution >= 4 is 32.8 Å². The quantitative estimate of drug-likeness (QED) is 0.795. The summed E-state index contributed by atoms with van der Waals surface area (Å²) in [7, 11) is 1.37. The monoisotopic (exact) mass is 282 g/mol. The number of carbonyl (C=O) groups excluding carboxylic acids is 1. The molecule has 0 bridgehead atoms. The van der Waals surface area contributed by atoms with Gasteiger partial charge in [-0.15, -0.1) is 0 Å². The van der Waals surface area contributed by atoms with Crippen molar-refractivity contribution in [2.24, 2.45) is 0 Å². The van der Waals surface area contributed by atoms with E-state index in [1.54, 1.807) is 11.6 Å². The van der Waals surface area contributed by atoms with E-state index in [0.29, 0.717) is 0 Å². The van der Waals surface area contributed by atoms with Gasteiger partial charge in [-0.25, -0.2) is 4.79 Å². The van der Waals surface area contributed by atoms with Gasteiger partial charge in [0.05, 0.1) is 12.6 Å². The fourth-order valence-electron chi connectivity index (χ4n) is 1.49. The van der Waals surface area contributed by atoms with Crippen molar-refractivity contribution in [3.8, 4) is 0 Å². The van der Waals surface area contributed by atoms with Gasteiger partial charge in [-0.1, -0.05) is 15.9 Å². The lowest BCUT2D eigenvalue weighted by atomic mass is 10.3. The van der Waals surface area contributed by atoms with Gasteiger partial charge < -0.3 is 4.74 Å². The van der Waals surface area contributed by atoms with Gasteiger partial charge in [0.15, 0.2) is 0 Å². The Balaban J connectivity index is 2.43. The van der Waals surface area contributed by atoms with E-state index in [1.165, 1.54) is 7.11 Å². The largest absolute Gasteiger partial charge is 0.467 e. The van der Waals surface area contributed by atoms with E-state index in [-0.39, 0.29) is 5.97 Å². The van der Waals surface area contributed by atoms with Crippen LogP contribution in [0.15, 0.2) is 28.9 Å². The van der Waals surface area contributed by atoms with Crippen LogP contribution in [0.25, 0.3) is 10.9 Å². The molecule has 0 spiro atoms. The predicted octanol–water partition coefficient (Wildman–Crippen LogP) is 2.53. The molecule has 1 aromatic heterocycles. The van der Waals surface area contributed by atoms with Crippen LogP contribution in [0.4, 0.5) is 0 Å². The molecule has 1 aromatic carbocycles. The average Bonchev–Trinajstić information content (AvgIpc) is 2.69. The number of carbonyl (C=O) groups is 1. The third kappa shape index (κ3) is 1.95. The summed E-state index contributed by atoms with van der Waals surface area (Å²) in [5, 5.41) is 5.31. The number of benzene rings is 1. The first-order valence-corrected chi connectivity index (χ1v) is 5.63. The highest BCUT2D eigenvalue weighted by Gasteiger charge is 2.16. The number of esters is 1. The smallest absolute Gasteiger partial charge is 0.330 e. The fourth-order valence-corrected chi connectivity index (χ4v) is 1.87. The Hall–Kier alpha value is -1.36. The summed E-state index contributed by atoms with van der Waals surface area (Å²) < 4.78 is 7.28. The molecule has 1 atom stereocenters. The fraction of sp³-hybridized carbons (Fsp3) is 0.273. The summed E-state index contributed by atoms with van der Waals surface area (Å²) in [4.78, 5) is 11.4. The van der Waals surface area contributed by atoms with E-state index in [0.717, 1.165) is 15.4 Å². The van der Waals surface area contributed by atoms with Crippen LogP contribution in [0, 0.1) is 0 Å². The van der Waals surface area contributed by atoms with E-state index in [1.807, 2.05) is 24.4 Å². The number of fused-ring (bicyclic) bond motifs is 1. The molecule has 84 valence electrons. The number of rotatable bonds is 2. The molecule has 0 saturated heterocycles. The first kappa shape index (κ1) is 11.1. The highest BCUT2D eigenvalue weighted by molar-refractivity contribution is 9.10. The van der Waals surface area contributed by atoms with Gasteiger partial charge in [0.2, 0.25) is 0 Å². The average molecular weight is 283 g/mol. The van der Waals surface area contributed by atoms with Crippen LogP contribution in [0.2, 0.25) is 0 Å². The van der Waals surface area contributed by atoms with Gasteiger partial charge in [-0.2, -0.15) is 5.10 Å². The molecule has 0 saturated carbocycles. The summed E-state index contributed by atoms with van der Waals surface area (Å²) in [6.45, 7) is 1.76. The second kappa shape index (κ2) is 4.25. The lowest BCUT2D eigenvalue weighted by Gasteiger charge is -2.08. The maximum Gasteiger partial charge on any atom is 0.330 e. The van der Waals surface area contributed by atoms with Gasteiger partial charge in [-0.3, -0.25) is 4.68 Å². The topological polar surface area (TPSA) is 44.1 Å². The Morgan fingerprint density at radius 2 is 2.31 bits per heavy atom. The number of hydrogen-bond acceptors (Lipinski definition) is 3. The molecule has 0 aliphatic carbocycles. The summed E-state index contributed by atoms with van der Waals surface area (Å²) in [6, 6.07) is 5.38. The lowest BCUT2D eigenvalue weighted by Crippen LogP contribution is -2.17. The van der Waals surface area contributed by atoms with Crippen LogP contribution in [-0.2, 0) is 9.53 Å². The molecule has 0 radical (unpaired) electrons. The zero-order chi connectivity index (χ0) is 11.7. The number of nitrogens with zero attached hydrogens (tertiary/aromatic N) is 2. The normalized spacial score (nSPS) is 12.7. The molecule has 0 N–H and O–H groups in total. The van der Waals surface area contributed by atoms with E-state index >= 15 is 0 Å². The Bertz CT molecular complexity index is 536. The minimum atomic E-state index is -0.406. The van der Waals surface area contributed by atoms with Gasteiger partial charge in [0, 0.05) is 16.1 Å². The molecule has 0 aliphatic rings. The molecule has 16 heavy (non-hydrogen) atoms. The van der Waals surface area contributed by atoms with Crippen LogP contribution >= 0.6 is 15.9 Å². The van der Waals surface area contributed by atoms with E-state index in [2.05, 4.69) is 25.8 Å². The third-order valence-electron chi connectivity index (χ3n) is 2.42. The molecule has 0 aliphatic heterocycles. The Labute approximate surface area is 101 Å². The van der Waals surface area contributed by atoms with Crippen LogP contribution in [-0.4, -0.2) is 22.9 Å². The number of methoxy groups -OCH3 is 1. The first-order chi connectivity index (χ1) is 7.61. The van der Waals surface area contributed by atoms with Crippen LogP contribution in [0.5, 0.6) is 0 Å². The Kier molecular flexibility index (Phi) is 2.96. The van der Waals surface area contributed by atoms with Crippen molar-refractivity contribution in [3.63, 3.8) is 0 Å². The van der Waals surface area contributed by atoms with E-state index in [9.17, 15) is 4.79 Å². The molecule has 1 unspecified atom stereocenters. The minimum absolute atomic E-state index is 0.299. The molecule has 2 rings (SSSR count). The van der Waals surface area contributed by atoms with Crippen molar-refractivity contribution in [2.45, 2.75) is 13.0 Å². The van der Waals surface area contributed by atoms with Crippen molar-refractivity contribution in [1.29, 1.82) is 0 Å². The van der Waals surface area contributed by atoms with Crippen LogP contribution in [0.1, 0.15) is 13.0 Å². The second-order valence-corrected chi connectivity index (χ2v) is 4.43. The van der Waals surface area contributed by atoms with Crippen LogP contribution in [0.3, 0.4) is 0 Å². The first-order valence-electron chi connectivity index (χ1n) is 4.84. The second-order valence-electron chi connectivity index (χ2n) is 3.51. The number of ether oxygens (including phenoxy) is 1. The molecular formula is C11H11BrN2O2. The highest BCUT2D eigenvalue weighted by Crippen LogP contribution is 2.20. The summed E-state index contributed by atoms with van der Waals surface area (Å²) in [6.07, 6.45) is 1.84. The van der Waals surface area contributed by atoms with E-state index in [4.69, 9.17) is 0 Å². The summed E-state index contributed by atoms with van der Waals surface area (Å²) >= 11 is 3.39. The van der Waals surface area contributed by atoms with Crippen molar-refractivity contribution < 1.29 is 9.53 Å². The standard InChI is InChI=1S/C11H11BrN2O2/c1-7(11(15)16-2)14-6-8-5-9(12)3-4-10(8)13-14/h3-7H,1-2H3. The molecule has 2 aromatic rings. The van der Waals surface area contributed by atoms with Crippen molar-refractivity contribution in [3.05, 3.63) is 28.9 Å². The van der Waals surface area contributed by atoms with Crippen molar-refractivity contribution in [2.75, 3.05) is 7.11 Å².